The van der Waals surface area contributed by atoms with E-state index in [-0.39, 0.29) is 12.3 Å². The van der Waals surface area contributed by atoms with Gasteiger partial charge in [-0.05, 0) is 12.0 Å². The molecule has 0 fully saturated rings. The number of carboxylic acid groups (broad SMARTS) is 1. The summed E-state index contributed by atoms with van der Waals surface area (Å²) in [6.45, 7) is 3.53. The molecule has 1 atom stereocenters. The van der Waals surface area contributed by atoms with E-state index in [1.807, 2.05) is 35.7 Å². The van der Waals surface area contributed by atoms with Gasteiger partial charge in [0.05, 0.1) is 0 Å². The third-order valence-electron chi connectivity index (χ3n) is 2.80. The molecule has 0 unspecified atom stereocenters. The van der Waals surface area contributed by atoms with Crippen LogP contribution in [0.25, 0.3) is 0 Å². The van der Waals surface area contributed by atoms with E-state index in [9.17, 15) is 9.59 Å². The third kappa shape index (κ3) is 7.46. The number of carboxylic acids is 1. The summed E-state index contributed by atoms with van der Waals surface area (Å²) in [5.74, 6) is -0.416. The quantitative estimate of drug-likeness (QED) is 0.373. The first-order valence-corrected chi connectivity index (χ1v) is 7.93. The fraction of sp³-hybridized carbons (Fsp3) is 0.312. The number of carbonyl (C=O) groups excluding carboxylic acids is 1. The lowest BCUT2D eigenvalue weighted by Gasteiger charge is -2.12. The highest BCUT2D eigenvalue weighted by Gasteiger charge is 2.17. The molecule has 0 spiro atoms. The Labute approximate surface area is 128 Å². The van der Waals surface area contributed by atoms with Crippen LogP contribution in [0.1, 0.15) is 24.8 Å². The van der Waals surface area contributed by atoms with Crippen LogP contribution in [0.3, 0.4) is 0 Å². The molecule has 0 aliphatic heterocycles. The third-order valence-corrected chi connectivity index (χ3v) is 3.81. The van der Waals surface area contributed by atoms with Gasteiger partial charge in [0.1, 0.15) is 6.04 Å². The zero-order chi connectivity index (χ0) is 15.5. The van der Waals surface area contributed by atoms with Crippen molar-refractivity contribution in [3.8, 4) is 0 Å². The van der Waals surface area contributed by atoms with E-state index in [2.05, 4.69) is 11.9 Å². The van der Waals surface area contributed by atoms with Gasteiger partial charge in [-0.2, -0.15) is 11.4 Å². The second-order valence-electron chi connectivity index (χ2n) is 4.53. The first-order valence-electron chi connectivity index (χ1n) is 6.78. The van der Waals surface area contributed by atoms with Crippen molar-refractivity contribution in [2.75, 3.05) is 0 Å². The maximum absolute atomic E-state index is 11.5. The van der Waals surface area contributed by atoms with Gasteiger partial charge in [-0.3, -0.25) is 4.79 Å². The first kappa shape index (κ1) is 17.2. The minimum absolute atomic E-state index is 0.254. The molecule has 1 aromatic carbocycles. The number of allylic oxidation sites excluding steroid dienone is 1. The van der Waals surface area contributed by atoms with E-state index in [0.29, 0.717) is 12.8 Å². The molecular weight excluding hydrogens is 286 g/mol. The molecule has 2 N–H and O–H groups in total. The van der Waals surface area contributed by atoms with Gasteiger partial charge in [-0.25, -0.2) is 4.79 Å². The van der Waals surface area contributed by atoms with Gasteiger partial charge in [0.15, 0.2) is 0 Å². The molecule has 0 bridgehead atoms. The van der Waals surface area contributed by atoms with Crippen LogP contribution in [0.2, 0.25) is 0 Å². The number of thiol groups is 1. The van der Waals surface area contributed by atoms with Gasteiger partial charge in [-0.15, -0.1) is 6.58 Å². The number of rotatable bonds is 9. The molecule has 0 saturated carbocycles. The van der Waals surface area contributed by atoms with Crippen molar-refractivity contribution in [3.05, 3.63) is 48.6 Å². The summed E-state index contributed by atoms with van der Waals surface area (Å²) in [5.41, 5.74) is 1.21. The molecule has 0 aliphatic carbocycles. The molecule has 4 nitrogen and oxygen atoms in total. The van der Waals surface area contributed by atoms with Crippen LogP contribution in [0, 0.1) is 0 Å². The lowest BCUT2D eigenvalue weighted by molar-refractivity contribution is -0.141. The molecule has 21 heavy (non-hydrogen) atoms. The van der Waals surface area contributed by atoms with Crippen LogP contribution >= 0.6 is 11.4 Å². The summed E-state index contributed by atoms with van der Waals surface area (Å²) in [6.07, 6.45) is 2.78. The highest BCUT2D eigenvalue weighted by Crippen LogP contribution is 2.05. The lowest BCUT2D eigenvalue weighted by Crippen LogP contribution is -2.40. The predicted molar refractivity (Wildman–Crippen MR) is 88.8 cm³/mol. The zero-order valence-corrected chi connectivity index (χ0v) is 12.8. The highest BCUT2D eigenvalue weighted by molar-refractivity contribution is 7.96. The molecule has 1 rings (SSSR count). The summed E-state index contributed by atoms with van der Waals surface area (Å²) in [7, 11) is 0. The lowest BCUT2D eigenvalue weighted by atomic mass is 10.2. The Bertz CT molecular complexity index is 500. The number of amides is 1. The van der Waals surface area contributed by atoms with Crippen molar-refractivity contribution in [2.24, 2.45) is 0 Å². The van der Waals surface area contributed by atoms with Crippen LogP contribution in [-0.2, 0) is 15.3 Å². The molecule has 0 heterocycles. The van der Waals surface area contributed by atoms with Gasteiger partial charge in [-0.1, -0.05) is 41.8 Å². The Morgan fingerprint density at radius 3 is 2.67 bits per heavy atom. The minimum Gasteiger partial charge on any atom is -0.480 e. The molecule has 1 aromatic rings. The van der Waals surface area contributed by atoms with Crippen molar-refractivity contribution in [2.45, 2.75) is 31.1 Å². The molecule has 0 saturated heterocycles. The van der Waals surface area contributed by atoms with Crippen LogP contribution in [0.15, 0.2) is 43.0 Å². The molecular formula is C16H21NO3S. The maximum atomic E-state index is 11.5. The fourth-order valence-corrected chi connectivity index (χ4v) is 2.57. The molecule has 114 valence electrons. The highest BCUT2D eigenvalue weighted by atomic mass is 32.1. The molecule has 0 aliphatic rings. The minimum atomic E-state index is -1.01. The van der Waals surface area contributed by atoms with Crippen LogP contribution in [0.5, 0.6) is 0 Å². The van der Waals surface area contributed by atoms with Gasteiger partial charge in [0.25, 0.3) is 0 Å². The monoisotopic (exact) mass is 307 g/mol. The number of hydrogen-bond donors (Lipinski definition) is 3. The summed E-state index contributed by atoms with van der Waals surface area (Å²) in [4.78, 5) is 22.6. The second kappa shape index (κ2) is 9.94. The number of nitrogens with one attached hydrogen (secondary N) is 1. The Morgan fingerprint density at radius 1 is 1.33 bits per heavy atom. The van der Waals surface area contributed by atoms with E-state index >= 15 is 0 Å². The van der Waals surface area contributed by atoms with E-state index < -0.39 is 12.0 Å². The Hall–Kier alpha value is -1.88. The maximum Gasteiger partial charge on any atom is 0.326 e. The van der Waals surface area contributed by atoms with Crippen LogP contribution in [0.4, 0.5) is 0 Å². The zero-order valence-electron chi connectivity index (χ0n) is 11.9. The van der Waals surface area contributed by atoms with Crippen molar-refractivity contribution < 1.29 is 14.7 Å². The average Bonchev–Trinajstić information content (AvgIpc) is 2.49. The Morgan fingerprint density at radius 2 is 2.05 bits per heavy atom. The van der Waals surface area contributed by atoms with E-state index in [0.717, 1.165) is 17.1 Å². The van der Waals surface area contributed by atoms with Gasteiger partial charge in [0, 0.05) is 18.6 Å². The predicted octanol–water partition coefficient (Wildman–Crippen LogP) is 2.38. The molecule has 1 amide bonds. The topological polar surface area (TPSA) is 66.4 Å². The van der Waals surface area contributed by atoms with Crippen LogP contribution < -0.4 is 5.32 Å². The molecule has 0 radical (unpaired) electrons. The standard InChI is InChI=1S/C16H21NO3S/c1-2-3-9-15(18)17-14(16(19)20)10-11-21-12-13-7-5-4-6-8-13/h2,4-8,11,14,21H,1,3,9-10,12H2,(H,17,18)(H,19,20)/t14-/m0/s1. The Kier molecular flexibility index (Phi) is 8.12. The number of hydrogen-bond acceptors (Lipinski definition) is 2. The summed E-state index contributed by atoms with van der Waals surface area (Å²) < 4.78 is 0. The number of carbonyl (C=O) groups is 2. The summed E-state index contributed by atoms with van der Waals surface area (Å²) in [5, 5.41) is 13.5. The van der Waals surface area contributed by atoms with Gasteiger partial charge in [0.2, 0.25) is 5.91 Å². The summed E-state index contributed by atoms with van der Waals surface area (Å²) in [6, 6.07) is 9.13. The van der Waals surface area contributed by atoms with Gasteiger partial charge < -0.3 is 10.4 Å². The average molecular weight is 307 g/mol. The Balaban J connectivity index is 2.42. The smallest absolute Gasteiger partial charge is 0.326 e. The molecule has 0 aromatic heterocycles. The molecule has 5 heteroatoms. The largest absolute Gasteiger partial charge is 0.480 e. The number of benzene rings is 1. The summed E-state index contributed by atoms with van der Waals surface area (Å²) >= 11 is 1.04. The second-order valence-corrected chi connectivity index (χ2v) is 5.58. The van der Waals surface area contributed by atoms with E-state index in [1.165, 1.54) is 5.56 Å². The van der Waals surface area contributed by atoms with Gasteiger partial charge >= 0.3 is 5.97 Å². The van der Waals surface area contributed by atoms with Crippen molar-refractivity contribution >= 4 is 28.6 Å². The van der Waals surface area contributed by atoms with Crippen molar-refractivity contribution in [1.29, 1.82) is 0 Å². The van der Waals surface area contributed by atoms with Crippen molar-refractivity contribution in [1.82, 2.24) is 5.32 Å². The number of aliphatic carboxylic acids is 1. The first-order chi connectivity index (χ1) is 10.1. The van der Waals surface area contributed by atoms with E-state index in [4.69, 9.17) is 5.11 Å². The fourth-order valence-electron chi connectivity index (χ4n) is 1.65. The SMILES string of the molecule is C=CCCC(=O)N[C@@H](CC=[SH]Cc1ccccc1)C(=O)O. The van der Waals surface area contributed by atoms with Crippen LogP contribution in [-0.4, -0.2) is 28.4 Å². The van der Waals surface area contributed by atoms with E-state index in [1.54, 1.807) is 6.08 Å². The normalized spacial score (nSPS) is 12.4. The van der Waals surface area contributed by atoms with Crippen molar-refractivity contribution in [3.63, 3.8) is 0 Å².